The molecule has 0 unspecified atom stereocenters. The van der Waals surface area contributed by atoms with Gasteiger partial charge in [-0.15, -0.1) is 0 Å². The molecule has 2 rings (SSSR count). The number of aromatic nitrogens is 4. The number of hydrogen-bond donors (Lipinski definition) is 1. The van der Waals surface area contributed by atoms with Crippen molar-refractivity contribution < 1.29 is 9.53 Å². The van der Waals surface area contributed by atoms with Crippen LogP contribution in [0.5, 0.6) is 0 Å². The minimum Gasteiger partial charge on any atom is -0.462 e. The van der Waals surface area contributed by atoms with Gasteiger partial charge in [0.1, 0.15) is 5.56 Å². The van der Waals surface area contributed by atoms with Crippen molar-refractivity contribution in [1.29, 1.82) is 0 Å². The molecule has 0 saturated heterocycles. The Morgan fingerprint density at radius 2 is 2.28 bits per heavy atom. The van der Waals surface area contributed by atoms with Gasteiger partial charge in [-0.1, -0.05) is 0 Å². The topological polar surface area (TPSA) is 89.9 Å². The van der Waals surface area contributed by atoms with Crippen LogP contribution in [-0.4, -0.2) is 32.1 Å². The first-order chi connectivity index (χ1) is 8.63. The highest BCUT2D eigenvalue weighted by molar-refractivity contribution is 5.88. The number of nitrogens with zero attached hydrogens (tertiary/aromatic N) is 3. The van der Waals surface area contributed by atoms with Crippen LogP contribution in [0.25, 0.3) is 11.6 Å². The smallest absolute Gasteiger partial charge is 0.345 e. The summed E-state index contributed by atoms with van der Waals surface area (Å²) < 4.78 is 6.45. The summed E-state index contributed by atoms with van der Waals surface area (Å²) in [5, 5.41) is 0. The van der Waals surface area contributed by atoms with Gasteiger partial charge in [0, 0.05) is 25.6 Å². The maximum absolute atomic E-state index is 11.7. The molecular weight excluding hydrogens is 236 g/mol. The fourth-order valence-electron chi connectivity index (χ4n) is 1.46. The van der Waals surface area contributed by atoms with Gasteiger partial charge in [-0.2, -0.15) is 0 Å². The third-order valence-electron chi connectivity index (χ3n) is 2.33. The average Bonchev–Trinajstić information content (AvgIpc) is 2.75. The van der Waals surface area contributed by atoms with Crippen LogP contribution in [0.3, 0.4) is 0 Å². The zero-order valence-electron chi connectivity index (χ0n) is 10.0. The fraction of sp³-hybridized carbons (Fsp3) is 0.273. The van der Waals surface area contributed by atoms with Crippen molar-refractivity contribution in [2.75, 3.05) is 6.61 Å². The first-order valence-corrected chi connectivity index (χ1v) is 5.37. The molecule has 0 saturated carbocycles. The molecule has 0 spiro atoms. The van der Waals surface area contributed by atoms with Gasteiger partial charge < -0.3 is 14.3 Å². The molecule has 2 heterocycles. The molecule has 0 aromatic carbocycles. The predicted octanol–water partition coefficient (Wildman–Crippen LogP) is 0.347. The number of esters is 1. The summed E-state index contributed by atoms with van der Waals surface area (Å²) >= 11 is 0. The van der Waals surface area contributed by atoms with Gasteiger partial charge in [0.2, 0.25) is 0 Å². The lowest BCUT2D eigenvalue weighted by Crippen LogP contribution is -2.21. The number of rotatable bonds is 3. The van der Waals surface area contributed by atoms with Crippen molar-refractivity contribution >= 4 is 5.97 Å². The Bertz CT molecular complexity index is 629. The maximum Gasteiger partial charge on any atom is 0.345 e. The monoisotopic (exact) mass is 248 g/mol. The van der Waals surface area contributed by atoms with Crippen LogP contribution in [-0.2, 0) is 11.8 Å². The van der Waals surface area contributed by atoms with Gasteiger partial charge >= 0.3 is 5.97 Å². The predicted molar refractivity (Wildman–Crippen MR) is 63.0 cm³/mol. The van der Waals surface area contributed by atoms with Crippen LogP contribution in [0.1, 0.15) is 17.3 Å². The van der Waals surface area contributed by atoms with E-state index in [2.05, 4.69) is 15.0 Å². The third kappa shape index (κ3) is 2.15. The van der Waals surface area contributed by atoms with Crippen LogP contribution in [0, 0.1) is 0 Å². The summed E-state index contributed by atoms with van der Waals surface area (Å²) in [5.41, 5.74) is -0.656. The molecule has 1 N–H and O–H groups in total. The van der Waals surface area contributed by atoms with Crippen molar-refractivity contribution in [3.63, 3.8) is 0 Å². The Labute approximate surface area is 102 Å². The van der Waals surface area contributed by atoms with Gasteiger partial charge in [-0.3, -0.25) is 4.79 Å². The van der Waals surface area contributed by atoms with Crippen LogP contribution >= 0.6 is 0 Å². The number of nitrogens with one attached hydrogen (secondary N) is 1. The zero-order chi connectivity index (χ0) is 13.1. The molecule has 0 fully saturated rings. The molecular formula is C11H12N4O3. The Morgan fingerprint density at radius 3 is 2.83 bits per heavy atom. The minimum atomic E-state index is -0.683. The summed E-state index contributed by atoms with van der Waals surface area (Å²) in [4.78, 5) is 33.7. The molecule has 2 aromatic heterocycles. The van der Waals surface area contributed by atoms with Gasteiger partial charge in [0.25, 0.3) is 5.56 Å². The molecule has 7 nitrogen and oxygen atoms in total. The highest BCUT2D eigenvalue weighted by Crippen LogP contribution is 2.08. The number of carbonyl (C=O) groups is 1. The van der Waals surface area contributed by atoms with Gasteiger partial charge in [0.05, 0.1) is 6.61 Å². The number of imidazole rings is 1. The van der Waals surface area contributed by atoms with Crippen LogP contribution in [0.15, 0.2) is 23.4 Å². The Morgan fingerprint density at radius 1 is 1.50 bits per heavy atom. The number of hydrogen-bond acceptors (Lipinski definition) is 5. The normalized spacial score (nSPS) is 10.3. The van der Waals surface area contributed by atoms with E-state index in [9.17, 15) is 9.59 Å². The Hall–Kier alpha value is -2.44. The van der Waals surface area contributed by atoms with Gasteiger partial charge in [-0.25, -0.2) is 14.8 Å². The number of carbonyl (C=O) groups excluding carboxylic acids is 1. The van der Waals surface area contributed by atoms with E-state index in [1.165, 1.54) is 6.20 Å². The summed E-state index contributed by atoms with van der Waals surface area (Å²) in [7, 11) is 1.78. The highest BCUT2D eigenvalue weighted by atomic mass is 16.5. The van der Waals surface area contributed by atoms with Gasteiger partial charge in [-0.05, 0) is 6.92 Å². The lowest BCUT2D eigenvalue weighted by Gasteiger charge is -2.03. The maximum atomic E-state index is 11.7. The van der Waals surface area contributed by atoms with Crippen molar-refractivity contribution in [3.05, 3.63) is 34.5 Å². The average molecular weight is 248 g/mol. The quantitative estimate of drug-likeness (QED) is 0.791. The van der Waals surface area contributed by atoms with Crippen molar-refractivity contribution in [3.8, 4) is 11.6 Å². The molecule has 0 bridgehead atoms. The molecule has 2 aromatic rings. The first kappa shape index (κ1) is 12.0. The molecule has 0 aliphatic heterocycles. The number of H-pyrrole nitrogens is 1. The lowest BCUT2D eigenvalue weighted by molar-refractivity contribution is 0.0524. The molecule has 0 aliphatic rings. The number of aromatic amines is 1. The number of ether oxygens (including phenoxy) is 1. The van der Waals surface area contributed by atoms with E-state index < -0.39 is 11.5 Å². The second-order valence-corrected chi connectivity index (χ2v) is 3.56. The Balaban J connectivity index is 2.40. The minimum absolute atomic E-state index is 0.116. The molecule has 7 heteroatoms. The van der Waals surface area contributed by atoms with E-state index in [1.807, 2.05) is 0 Å². The van der Waals surface area contributed by atoms with Crippen molar-refractivity contribution in [1.82, 2.24) is 19.5 Å². The van der Waals surface area contributed by atoms with Crippen LogP contribution in [0.2, 0.25) is 0 Å². The zero-order valence-corrected chi connectivity index (χ0v) is 10.0. The second-order valence-electron chi connectivity index (χ2n) is 3.56. The molecule has 18 heavy (non-hydrogen) atoms. The molecule has 94 valence electrons. The second kappa shape index (κ2) is 4.82. The van der Waals surface area contributed by atoms with E-state index in [0.29, 0.717) is 11.6 Å². The largest absolute Gasteiger partial charge is 0.462 e. The molecule has 0 amide bonds. The lowest BCUT2D eigenvalue weighted by atomic mass is 10.3. The highest BCUT2D eigenvalue weighted by Gasteiger charge is 2.14. The number of aryl methyl sites for hydroxylation is 1. The van der Waals surface area contributed by atoms with Crippen molar-refractivity contribution in [2.45, 2.75) is 6.92 Å². The summed E-state index contributed by atoms with van der Waals surface area (Å²) in [6, 6.07) is 0. The van der Waals surface area contributed by atoms with E-state index >= 15 is 0 Å². The third-order valence-corrected chi connectivity index (χ3v) is 2.33. The van der Waals surface area contributed by atoms with Crippen LogP contribution < -0.4 is 5.56 Å². The fourth-order valence-corrected chi connectivity index (χ4v) is 1.46. The SMILES string of the molecule is CCOC(=O)c1cnc(-c2nccn2C)[nH]c1=O. The van der Waals surface area contributed by atoms with E-state index in [4.69, 9.17) is 4.74 Å². The molecule has 0 radical (unpaired) electrons. The molecule has 0 atom stereocenters. The Kier molecular flexibility index (Phi) is 3.22. The summed E-state index contributed by atoms with van der Waals surface area (Å²) in [5.74, 6) is 0.140. The van der Waals surface area contributed by atoms with Crippen LogP contribution in [0.4, 0.5) is 0 Å². The summed E-state index contributed by atoms with van der Waals surface area (Å²) in [6.45, 7) is 1.88. The first-order valence-electron chi connectivity index (χ1n) is 5.37. The van der Waals surface area contributed by atoms with E-state index in [-0.39, 0.29) is 12.2 Å². The van der Waals surface area contributed by atoms with Gasteiger partial charge in [0.15, 0.2) is 11.6 Å². The summed E-state index contributed by atoms with van der Waals surface area (Å²) in [6.07, 6.45) is 4.52. The van der Waals surface area contributed by atoms with E-state index in [1.54, 1.807) is 30.9 Å². The molecule has 0 aliphatic carbocycles. The standard InChI is InChI=1S/C11H12N4O3/c1-3-18-11(17)7-6-13-8(14-10(7)16)9-12-4-5-15(9)2/h4-6H,3H2,1-2H3,(H,13,14,16). The van der Waals surface area contributed by atoms with E-state index in [0.717, 1.165) is 0 Å². The van der Waals surface area contributed by atoms with Crippen molar-refractivity contribution in [2.24, 2.45) is 7.05 Å².